The van der Waals surface area contributed by atoms with Crippen molar-refractivity contribution in [3.63, 3.8) is 0 Å². The summed E-state index contributed by atoms with van der Waals surface area (Å²) in [5, 5.41) is 0. The molecule has 0 spiro atoms. The van der Waals surface area contributed by atoms with Gasteiger partial charge in [-0.1, -0.05) is 13.8 Å². The molecule has 0 atom stereocenters. The third-order valence-corrected chi connectivity index (χ3v) is 2.55. The monoisotopic (exact) mass is 189 g/mol. The van der Waals surface area contributed by atoms with Crippen LogP contribution in [0.3, 0.4) is 0 Å². The zero-order valence-corrected chi connectivity index (χ0v) is 8.78. The van der Waals surface area contributed by atoms with Crippen LogP contribution in [0, 0.1) is 6.92 Å². The van der Waals surface area contributed by atoms with E-state index in [1.54, 1.807) is 6.20 Å². The van der Waals surface area contributed by atoms with E-state index >= 15 is 0 Å². The van der Waals surface area contributed by atoms with E-state index in [2.05, 4.69) is 36.2 Å². The minimum absolute atomic E-state index is 0.477. The number of nitrogen functional groups attached to an aromatic ring is 1. The fraction of sp³-hybridized carbons (Fsp3) is 0.364. The summed E-state index contributed by atoms with van der Waals surface area (Å²) in [7, 11) is 0. The number of hydrogen-bond acceptors (Lipinski definition) is 2. The van der Waals surface area contributed by atoms with Gasteiger partial charge in [-0.25, -0.2) is 4.98 Å². The molecule has 0 saturated heterocycles. The van der Waals surface area contributed by atoms with Crippen LogP contribution in [0.2, 0.25) is 0 Å². The molecule has 0 aliphatic heterocycles. The van der Waals surface area contributed by atoms with Crippen molar-refractivity contribution >= 4 is 11.3 Å². The largest absolute Gasteiger partial charge is 0.382 e. The number of aryl methyl sites for hydroxylation is 1. The molecule has 3 heteroatoms. The van der Waals surface area contributed by atoms with Gasteiger partial charge >= 0.3 is 0 Å². The van der Waals surface area contributed by atoms with Gasteiger partial charge in [0.25, 0.3) is 0 Å². The van der Waals surface area contributed by atoms with Gasteiger partial charge in [-0.2, -0.15) is 0 Å². The maximum Gasteiger partial charge on any atom is 0.148 e. The molecule has 14 heavy (non-hydrogen) atoms. The molecule has 0 amide bonds. The third kappa shape index (κ3) is 1.16. The number of aromatic nitrogens is 2. The minimum Gasteiger partial charge on any atom is -0.382 e. The maximum atomic E-state index is 5.88. The second-order valence-electron chi connectivity index (χ2n) is 3.93. The summed E-state index contributed by atoms with van der Waals surface area (Å²) in [5.74, 6) is 1.09. The molecule has 0 aliphatic carbocycles. The van der Waals surface area contributed by atoms with Crippen molar-refractivity contribution in [2.75, 3.05) is 5.73 Å². The standard InChI is InChI=1S/C11H15N3/c1-7(2)9-6-8(3)14-5-4-13-11(12)10(9)14/h4-7H,1-3H3,(H2,12,13). The van der Waals surface area contributed by atoms with E-state index in [1.807, 2.05) is 6.20 Å². The summed E-state index contributed by atoms with van der Waals surface area (Å²) < 4.78 is 2.09. The lowest BCUT2D eigenvalue weighted by Gasteiger charge is -2.05. The summed E-state index contributed by atoms with van der Waals surface area (Å²) in [5.41, 5.74) is 9.41. The summed E-state index contributed by atoms with van der Waals surface area (Å²) in [6, 6.07) is 2.18. The molecule has 0 saturated carbocycles. The summed E-state index contributed by atoms with van der Waals surface area (Å²) in [6.45, 7) is 6.42. The van der Waals surface area contributed by atoms with E-state index in [-0.39, 0.29) is 0 Å². The highest BCUT2D eigenvalue weighted by atomic mass is 15.0. The SMILES string of the molecule is Cc1cc(C(C)C)c2c(N)nccn12. The average Bonchev–Trinajstić information content (AvgIpc) is 2.46. The first-order chi connectivity index (χ1) is 6.61. The smallest absolute Gasteiger partial charge is 0.148 e. The van der Waals surface area contributed by atoms with E-state index < -0.39 is 0 Å². The van der Waals surface area contributed by atoms with Crippen LogP contribution in [-0.4, -0.2) is 9.38 Å². The van der Waals surface area contributed by atoms with Gasteiger partial charge in [-0.3, -0.25) is 0 Å². The molecule has 0 bridgehead atoms. The molecule has 3 nitrogen and oxygen atoms in total. The molecular formula is C11H15N3. The number of nitrogens with two attached hydrogens (primary N) is 1. The van der Waals surface area contributed by atoms with Gasteiger partial charge in [0.1, 0.15) is 5.82 Å². The zero-order valence-electron chi connectivity index (χ0n) is 8.78. The van der Waals surface area contributed by atoms with Gasteiger partial charge in [0.05, 0.1) is 5.52 Å². The Hall–Kier alpha value is -1.51. The predicted molar refractivity (Wildman–Crippen MR) is 58.4 cm³/mol. The van der Waals surface area contributed by atoms with Crippen LogP contribution in [0.1, 0.15) is 31.0 Å². The molecule has 2 aromatic rings. The molecule has 2 aromatic heterocycles. The van der Waals surface area contributed by atoms with Gasteiger partial charge in [0, 0.05) is 18.1 Å². The summed E-state index contributed by atoms with van der Waals surface area (Å²) in [4.78, 5) is 4.12. The topological polar surface area (TPSA) is 43.3 Å². The fourth-order valence-electron chi connectivity index (χ4n) is 1.82. The highest BCUT2D eigenvalue weighted by molar-refractivity contribution is 5.72. The number of nitrogens with zero attached hydrogens (tertiary/aromatic N) is 2. The van der Waals surface area contributed by atoms with Crippen molar-refractivity contribution in [2.24, 2.45) is 0 Å². The van der Waals surface area contributed by atoms with Crippen LogP contribution in [0.5, 0.6) is 0 Å². The van der Waals surface area contributed by atoms with Crippen molar-refractivity contribution in [3.05, 3.63) is 29.7 Å². The fourth-order valence-corrected chi connectivity index (χ4v) is 1.82. The van der Waals surface area contributed by atoms with E-state index in [4.69, 9.17) is 5.73 Å². The highest BCUT2D eigenvalue weighted by Crippen LogP contribution is 2.26. The summed E-state index contributed by atoms with van der Waals surface area (Å²) in [6.07, 6.45) is 3.69. The number of anilines is 1. The molecule has 2 N–H and O–H groups in total. The van der Waals surface area contributed by atoms with Crippen molar-refractivity contribution in [1.82, 2.24) is 9.38 Å². The first kappa shape index (κ1) is 9.06. The molecular weight excluding hydrogens is 174 g/mol. The Morgan fingerprint density at radius 1 is 1.43 bits per heavy atom. The summed E-state index contributed by atoms with van der Waals surface area (Å²) >= 11 is 0. The first-order valence-electron chi connectivity index (χ1n) is 4.83. The Labute approximate surface area is 83.6 Å². The van der Waals surface area contributed by atoms with Gasteiger partial charge in [-0.05, 0) is 24.5 Å². The van der Waals surface area contributed by atoms with Gasteiger partial charge in [0.2, 0.25) is 0 Å². The Bertz CT molecular complexity index is 469. The van der Waals surface area contributed by atoms with Crippen LogP contribution in [0.4, 0.5) is 5.82 Å². The Balaban J connectivity index is 2.86. The minimum atomic E-state index is 0.477. The van der Waals surface area contributed by atoms with E-state index in [0.717, 1.165) is 5.52 Å². The molecule has 0 unspecified atom stereocenters. The maximum absolute atomic E-state index is 5.88. The second kappa shape index (κ2) is 3.01. The van der Waals surface area contributed by atoms with Crippen molar-refractivity contribution in [1.29, 1.82) is 0 Å². The van der Waals surface area contributed by atoms with Gasteiger partial charge in [-0.15, -0.1) is 0 Å². The van der Waals surface area contributed by atoms with Crippen LogP contribution >= 0.6 is 0 Å². The zero-order chi connectivity index (χ0) is 10.3. The van der Waals surface area contributed by atoms with Crippen LogP contribution in [0.15, 0.2) is 18.5 Å². The predicted octanol–water partition coefficient (Wildman–Crippen LogP) is 2.35. The number of fused-ring (bicyclic) bond motifs is 1. The lowest BCUT2D eigenvalue weighted by molar-refractivity contribution is 0.876. The molecule has 0 aliphatic rings. The van der Waals surface area contributed by atoms with Crippen molar-refractivity contribution in [3.8, 4) is 0 Å². The number of hydrogen-bond donors (Lipinski definition) is 1. The Kier molecular flexibility index (Phi) is 1.95. The molecule has 0 aromatic carbocycles. The Morgan fingerprint density at radius 2 is 2.14 bits per heavy atom. The molecule has 0 radical (unpaired) electrons. The van der Waals surface area contributed by atoms with Gasteiger partial charge < -0.3 is 10.1 Å². The van der Waals surface area contributed by atoms with Crippen LogP contribution in [0.25, 0.3) is 5.52 Å². The molecule has 2 heterocycles. The van der Waals surface area contributed by atoms with Crippen molar-refractivity contribution in [2.45, 2.75) is 26.7 Å². The first-order valence-corrected chi connectivity index (χ1v) is 4.83. The van der Waals surface area contributed by atoms with E-state index in [0.29, 0.717) is 11.7 Å². The van der Waals surface area contributed by atoms with Crippen molar-refractivity contribution < 1.29 is 0 Å². The lowest BCUT2D eigenvalue weighted by Crippen LogP contribution is -1.97. The molecule has 2 rings (SSSR count). The number of rotatable bonds is 1. The van der Waals surface area contributed by atoms with Crippen LogP contribution in [-0.2, 0) is 0 Å². The van der Waals surface area contributed by atoms with Crippen LogP contribution < -0.4 is 5.73 Å². The second-order valence-corrected chi connectivity index (χ2v) is 3.93. The molecule has 0 fully saturated rings. The van der Waals surface area contributed by atoms with Gasteiger partial charge in [0.15, 0.2) is 0 Å². The molecule has 74 valence electrons. The van der Waals surface area contributed by atoms with E-state index in [1.165, 1.54) is 11.3 Å². The Morgan fingerprint density at radius 3 is 2.79 bits per heavy atom. The third-order valence-electron chi connectivity index (χ3n) is 2.55. The quantitative estimate of drug-likeness (QED) is 0.748. The average molecular weight is 189 g/mol. The normalized spacial score (nSPS) is 11.4. The highest BCUT2D eigenvalue weighted by Gasteiger charge is 2.11. The lowest BCUT2D eigenvalue weighted by atomic mass is 10.1. The van der Waals surface area contributed by atoms with E-state index in [9.17, 15) is 0 Å².